The van der Waals surface area contributed by atoms with Crippen molar-refractivity contribution in [1.82, 2.24) is 14.8 Å². The van der Waals surface area contributed by atoms with Gasteiger partial charge in [-0.3, -0.25) is 9.36 Å². The highest BCUT2D eigenvalue weighted by molar-refractivity contribution is 7.99. The Morgan fingerprint density at radius 3 is 2.87 bits per heavy atom. The Kier molecular flexibility index (Phi) is 6.89. The van der Waals surface area contributed by atoms with Gasteiger partial charge < -0.3 is 5.32 Å². The van der Waals surface area contributed by atoms with E-state index in [1.54, 1.807) is 4.57 Å². The molecule has 0 spiro atoms. The van der Waals surface area contributed by atoms with Crippen LogP contribution in [0, 0.1) is 11.3 Å². The fourth-order valence-corrected chi connectivity index (χ4v) is 5.77. The summed E-state index contributed by atoms with van der Waals surface area (Å²) in [7, 11) is 0. The number of H-pyrrole nitrogens is 1. The Morgan fingerprint density at radius 2 is 2.06 bits per heavy atom. The first-order valence-corrected chi connectivity index (χ1v) is 12.1. The van der Waals surface area contributed by atoms with Crippen molar-refractivity contribution in [3.05, 3.63) is 62.4 Å². The van der Waals surface area contributed by atoms with Crippen molar-refractivity contribution >= 4 is 34.0 Å². The number of benzene rings is 1. The predicted octanol–water partition coefficient (Wildman–Crippen LogP) is 3.75. The molecule has 160 valence electrons. The normalized spacial score (nSPS) is 13.3. The van der Waals surface area contributed by atoms with Crippen molar-refractivity contribution in [3.63, 3.8) is 0 Å². The van der Waals surface area contributed by atoms with Gasteiger partial charge in [0.1, 0.15) is 11.1 Å². The van der Waals surface area contributed by atoms with E-state index in [0.29, 0.717) is 28.7 Å². The second kappa shape index (κ2) is 9.98. The standard InChI is InChI=1S/C22H23N5O2S2/c23-13-17-16-9-5-2-6-10-18(16)31-20(17)24-19(28)14-30-22-26-25-21(29)27(22)12-11-15-7-3-1-4-8-15/h1,3-4,7-8H,2,5-6,9-12,14H2,(H,24,28)(H,25,29). The molecule has 2 aromatic heterocycles. The monoisotopic (exact) mass is 453 g/mol. The molecular formula is C22H23N5O2S2. The van der Waals surface area contributed by atoms with Crippen molar-refractivity contribution in [3.8, 4) is 6.07 Å². The quantitative estimate of drug-likeness (QED) is 0.419. The summed E-state index contributed by atoms with van der Waals surface area (Å²) in [5, 5.41) is 20.2. The van der Waals surface area contributed by atoms with Crippen molar-refractivity contribution in [2.45, 2.75) is 50.2 Å². The van der Waals surface area contributed by atoms with E-state index in [4.69, 9.17) is 0 Å². The van der Waals surface area contributed by atoms with E-state index in [1.807, 2.05) is 30.3 Å². The first-order chi connectivity index (χ1) is 15.2. The Morgan fingerprint density at radius 1 is 1.26 bits per heavy atom. The molecule has 0 radical (unpaired) electrons. The molecule has 0 unspecified atom stereocenters. The average Bonchev–Trinajstić information content (AvgIpc) is 3.20. The molecule has 0 aliphatic heterocycles. The summed E-state index contributed by atoms with van der Waals surface area (Å²) in [6.45, 7) is 0.486. The second-order valence-electron chi connectivity index (χ2n) is 7.42. The van der Waals surface area contributed by atoms with Gasteiger partial charge in [0, 0.05) is 11.4 Å². The number of fused-ring (bicyclic) bond motifs is 1. The van der Waals surface area contributed by atoms with Crippen molar-refractivity contribution in [2.24, 2.45) is 0 Å². The minimum atomic E-state index is -0.285. The molecule has 7 nitrogen and oxygen atoms in total. The van der Waals surface area contributed by atoms with Crippen LogP contribution < -0.4 is 11.0 Å². The number of thioether (sulfide) groups is 1. The molecule has 1 aliphatic rings. The molecule has 0 saturated carbocycles. The van der Waals surface area contributed by atoms with Gasteiger partial charge in [0.05, 0.1) is 11.3 Å². The fraction of sp³-hybridized carbons (Fsp3) is 0.364. The minimum Gasteiger partial charge on any atom is -0.316 e. The number of nitrogens with zero attached hydrogens (tertiary/aromatic N) is 3. The minimum absolute atomic E-state index is 0.114. The lowest BCUT2D eigenvalue weighted by molar-refractivity contribution is -0.113. The van der Waals surface area contributed by atoms with Gasteiger partial charge in [-0.05, 0) is 43.2 Å². The number of nitriles is 1. The smallest absolute Gasteiger partial charge is 0.316 e. The van der Waals surface area contributed by atoms with Crippen molar-refractivity contribution < 1.29 is 4.79 Å². The number of carbonyl (C=O) groups is 1. The number of aromatic nitrogens is 3. The summed E-state index contributed by atoms with van der Waals surface area (Å²) in [6, 6.07) is 12.2. The summed E-state index contributed by atoms with van der Waals surface area (Å²) in [5.74, 6) is -0.0914. The molecule has 1 amide bonds. The number of nitrogens with one attached hydrogen (secondary N) is 2. The molecule has 2 N–H and O–H groups in total. The number of rotatable bonds is 7. The Bertz CT molecular complexity index is 1160. The maximum atomic E-state index is 12.6. The molecule has 0 fully saturated rings. The zero-order chi connectivity index (χ0) is 21.6. The third-order valence-electron chi connectivity index (χ3n) is 5.31. The van der Waals surface area contributed by atoms with Gasteiger partial charge in [-0.15, -0.1) is 16.4 Å². The SMILES string of the molecule is N#Cc1c(NC(=O)CSc2n[nH]c(=O)n2CCc2ccccc2)sc2c1CCCCC2. The summed E-state index contributed by atoms with van der Waals surface area (Å²) < 4.78 is 1.55. The van der Waals surface area contributed by atoms with Crippen LogP contribution in [0.25, 0.3) is 0 Å². The van der Waals surface area contributed by atoms with Gasteiger partial charge in [0.15, 0.2) is 5.16 Å². The van der Waals surface area contributed by atoms with Crippen LogP contribution in [0.4, 0.5) is 5.00 Å². The average molecular weight is 454 g/mol. The lowest BCUT2D eigenvalue weighted by Gasteiger charge is -2.06. The van der Waals surface area contributed by atoms with Crippen molar-refractivity contribution in [1.29, 1.82) is 5.26 Å². The first-order valence-electron chi connectivity index (χ1n) is 10.3. The molecule has 0 saturated heterocycles. The van der Waals surface area contributed by atoms with E-state index >= 15 is 0 Å². The lowest BCUT2D eigenvalue weighted by atomic mass is 10.1. The number of thiophene rings is 1. The maximum absolute atomic E-state index is 12.6. The Balaban J connectivity index is 1.39. The summed E-state index contributed by atoms with van der Waals surface area (Å²) in [4.78, 5) is 25.9. The fourth-order valence-electron chi connectivity index (χ4n) is 3.74. The van der Waals surface area contributed by atoms with E-state index < -0.39 is 0 Å². The van der Waals surface area contributed by atoms with Crippen LogP contribution in [0.5, 0.6) is 0 Å². The van der Waals surface area contributed by atoms with Crippen LogP contribution in [0.3, 0.4) is 0 Å². The van der Waals surface area contributed by atoms with Gasteiger partial charge in [-0.1, -0.05) is 48.5 Å². The largest absolute Gasteiger partial charge is 0.343 e. The number of aromatic amines is 1. The van der Waals surface area contributed by atoms with Crippen LogP contribution in [0.1, 0.15) is 40.8 Å². The second-order valence-corrected chi connectivity index (χ2v) is 9.46. The number of amides is 1. The van der Waals surface area contributed by atoms with Gasteiger partial charge in [0.25, 0.3) is 0 Å². The van der Waals surface area contributed by atoms with Gasteiger partial charge in [-0.25, -0.2) is 9.89 Å². The summed E-state index contributed by atoms with van der Waals surface area (Å²) >= 11 is 2.73. The third-order valence-corrected chi connectivity index (χ3v) is 7.49. The van der Waals surface area contributed by atoms with Gasteiger partial charge in [0.2, 0.25) is 5.91 Å². The summed E-state index contributed by atoms with van der Waals surface area (Å²) in [6.07, 6.45) is 5.97. The highest BCUT2D eigenvalue weighted by atomic mass is 32.2. The molecule has 9 heteroatoms. The number of hydrogen-bond acceptors (Lipinski definition) is 6. The number of aryl methyl sites for hydroxylation is 2. The molecular weight excluding hydrogens is 430 g/mol. The zero-order valence-electron chi connectivity index (χ0n) is 17.0. The molecule has 2 heterocycles. The van der Waals surface area contributed by atoms with Gasteiger partial charge >= 0.3 is 5.69 Å². The zero-order valence-corrected chi connectivity index (χ0v) is 18.7. The number of hydrogen-bond donors (Lipinski definition) is 2. The molecule has 3 aromatic rings. The number of anilines is 1. The van der Waals surface area contributed by atoms with Crippen LogP contribution in [0.15, 0.2) is 40.3 Å². The van der Waals surface area contributed by atoms with Crippen LogP contribution in [-0.2, 0) is 30.6 Å². The predicted molar refractivity (Wildman–Crippen MR) is 123 cm³/mol. The van der Waals surface area contributed by atoms with Crippen LogP contribution in [-0.4, -0.2) is 26.4 Å². The third kappa shape index (κ3) is 5.09. The van der Waals surface area contributed by atoms with E-state index in [-0.39, 0.29) is 17.3 Å². The van der Waals surface area contributed by atoms with Gasteiger partial charge in [-0.2, -0.15) is 5.26 Å². The van der Waals surface area contributed by atoms with E-state index in [9.17, 15) is 14.9 Å². The summed E-state index contributed by atoms with van der Waals surface area (Å²) in [5.41, 5.74) is 2.56. The van der Waals surface area contributed by atoms with Crippen LogP contribution in [0.2, 0.25) is 0 Å². The van der Waals surface area contributed by atoms with Crippen LogP contribution >= 0.6 is 23.1 Å². The Hall–Kier alpha value is -2.83. The molecule has 0 bridgehead atoms. The molecule has 31 heavy (non-hydrogen) atoms. The number of carbonyl (C=O) groups excluding carboxylic acids is 1. The molecule has 1 aliphatic carbocycles. The van der Waals surface area contributed by atoms with Crippen molar-refractivity contribution in [2.75, 3.05) is 11.1 Å². The Labute approximate surface area is 188 Å². The van der Waals surface area contributed by atoms with E-state index in [1.165, 1.54) is 34.4 Å². The molecule has 0 atom stereocenters. The highest BCUT2D eigenvalue weighted by Crippen LogP contribution is 2.37. The topological polar surface area (TPSA) is 104 Å². The molecule has 4 rings (SSSR count). The molecule has 1 aromatic carbocycles. The lowest BCUT2D eigenvalue weighted by Crippen LogP contribution is -2.20. The maximum Gasteiger partial charge on any atom is 0.343 e. The first kappa shape index (κ1) is 21.4. The van der Waals surface area contributed by atoms with E-state index in [0.717, 1.165) is 36.8 Å². The highest BCUT2D eigenvalue weighted by Gasteiger charge is 2.21. The van der Waals surface area contributed by atoms with E-state index in [2.05, 4.69) is 21.6 Å².